The topological polar surface area (TPSA) is 51.8 Å². The maximum Gasteiger partial charge on any atom is 0.416 e. The molecule has 1 aromatic carbocycles. The lowest BCUT2D eigenvalue weighted by molar-refractivity contribution is -0.137. The van der Waals surface area contributed by atoms with Crippen molar-refractivity contribution in [2.75, 3.05) is 5.73 Å². The number of rotatable bonds is 3. The van der Waals surface area contributed by atoms with E-state index < -0.39 is 11.7 Å². The van der Waals surface area contributed by atoms with Crippen LogP contribution in [0, 0.1) is 5.92 Å². The normalized spacial score (nSPS) is 16.0. The Morgan fingerprint density at radius 3 is 2.52 bits per heavy atom. The summed E-state index contributed by atoms with van der Waals surface area (Å²) in [7, 11) is 0. The second kappa shape index (κ2) is 6.18. The van der Waals surface area contributed by atoms with Crippen LogP contribution in [0.3, 0.4) is 0 Å². The summed E-state index contributed by atoms with van der Waals surface area (Å²) in [6, 6.07) is 6.89. The first-order valence-electron chi connectivity index (χ1n) is 7.73. The van der Waals surface area contributed by atoms with Gasteiger partial charge in [0.1, 0.15) is 0 Å². The third-order valence-corrected chi connectivity index (χ3v) is 4.25. The van der Waals surface area contributed by atoms with Gasteiger partial charge in [0.2, 0.25) is 5.95 Å². The van der Waals surface area contributed by atoms with E-state index in [1.165, 1.54) is 31.7 Å². The van der Waals surface area contributed by atoms with E-state index in [1.54, 1.807) is 12.1 Å². The second-order valence-corrected chi connectivity index (χ2v) is 6.04. The van der Waals surface area contributed by atoms with Crippen LogP contribution in [0.15, 0.2) is 30.3 Å². The molecule has 122 valence electrons. The molecule has 0 saturated heterocycles. The summed E-state index contributed by atoms with van der Waals surface area (Å²) in [5.41, 5.74) is 6.71. The lowest BCUT2D eigenvalue weighted by Crippen LogP contribution is -2.07. The highest BCUT2D eigenvalue weighted by Crippen LogP contribution is 2.32. The van der Waals surface area contributed by atoms with Crippen LogP contribution in [0.2, 0.25) is 0 Å². The quantitative estimate of drug-likeness (QED) is 0.907. The van der Waals surface area contributed by atoms with Crippen LogP contribution in [0.1, 0.15) is 36.9 Å². The van der Waals surface area contributed by atoms with Crippen LogP contribution in [-0.4, -0.2) is 9.97 Å². The SMILES string of the molecule is Nc1nc(CC2CCCC2)cc(-c2cccc(C(F)(F)F)c2)n1. The molecule has 6 heteroatoms. The predicted molar refractivity (Wildman–Crippen MR) is 82.5 cm³/mol. The molecular weight excluding hydrogens is 303 g/mol. The molecule has 0 spiro atoms. The number of nitrogen functional groups attached to an aromatic ring is 1. The fourth-order valence-corrected chi connectivity index (χ4v) is 3.14. The van der Waals surface area contributed by atoms with Crippen molar-refractivity contribution in [3.63, 3.8) is 0 Å². The van der Waals surface area contributed by atoms with E-state index in [0.29, 0.717) is 17.2 Å². The Morgan fingerprint density at radius 1 is 1.09 bits per heavy atom. The van der Waals surface area contributed by atoms with Gasteiger partial charge in [0.25, 0.3) is 0 Å². The third kappa shape index (κ3) is 3.81. The molecule has 1 aromatic heterocycles. The minimum absolute atomic E-state index is 0.105. The lowest BCUT2D eigenvalue weighted by atomic mass is 10.00. The molecule has 1 saturated carbocycles. The Hall–Kier alpha value is -2.11. The van der Waals surface area contributed by atoms with Gasteiger partial charge in [-0.15, -0.1) is 0 Å². The van der Waals surface area contributed by atoms with Crippen LogP contribution in [0.5, 0.6) is 0 Å². The molecule has 3 nitrogen and oxygen atoms in total. The largest absolute Gasteiger partial charge is 0.416 e. The predicted octanol–water partition coefficient (Wildman–Crippen LogP) is 4.48. The molecule has 3 rings (SSSR count). The molecule has 1 fully saturated rings. The van der Waals surface area contributed by atoms with E-state index in [4.69, 9.17) is 5.73 Å². The first kappa shape index (κ1) is 15.8. The van der Waals surface area contributed by atoms with Gasteiger partial charge in [0.05, 0.1) is 11.3 Å². The number of benzene rings is 1. The average molecular weight is 321 g/mol. The molecule has 2 N–H and O–H groups in total. The van der Waals surface area contributed by atoms with Crippen LogP contribution < -0.4 is 5.73 Å². The Balaban J connectivity index is 1.91. The van der Waals surface area contributed by atoms with Gasteiger partial charge in [0.15, 0.2) is 0 Å². The van der Waals surface area contributed by atoms with E-state index in [0.717, 1.165) is 24.2 Å². The van der Waals surface area contributed by atoms with Crippen LogP contribution in [-0.2, 0) is 12.6 Å². The molecular formula is C17H18F3N3. The molecule has 23 heavy (non-hydrogen) atoms. The van der Waals surface area contributed by atoms with E-state index >= 15 is 0 Å². The smallest absolute Gasteiger partial charge is 0.368 e. The zero-order valence-corrected chi connectivity index (χ0v) is 12.6. The van der Waals surface area contributed by atoms with Crippen molar-refractivity contribution in [1.82, 2.24) is 9.97 Å². The summed E-state index contributed by atoms with van der Waals surface area (Å²) in [4.78, 5) is 8.34. The molecule has 2 aromatic rings. The van der Waals surface area contributed by atoms with E-state index in [2.05, 4.69) is 9.97 Å². The van der Waals surface area contributed by atoms with E-state index in [-0.39, 0.29) is 5.95 Å². The van der Waals surface area contributed by atoms with Crippen molar-refractivity contribution < 1.29 is 13.2 Å². The van der Waals surface area contributed by atoms with Crippen LogP contribution in [0.25, 0.3) is 11.3 Å². The Labute approximate surface area is 132 Å². The number of nitrogens with zero attached hydrogens (tertiary/aromatic N) is 2. The monoisotopic (exact) mass is 321 g/mol. The van der Waals surface area contributed by atoms with E-state index in [9.17, 15) is 13.2 Å². The number of nitrogens with two attached hydrogens (primary N) is 1. The van der Waals surface area contributed by atoms with Gasteiger partial charge in [-0.1, -0.05) is 37.8 Å². The Kier molecular flexibility index (Phi) is 4.24. The van der Waals surface area contributed by atoms with Crippen LogP contribution >= 0.6 is 0 Å². The van der Waals surface area contributed by atoms with E-state index in [1.807, 2.05) is 0 Å². The number of alkyl halides is 3. The highest BCUT2D eigenvalue weighted by atomic mass is 19.4. The summed E-state index contributed by atoms with van der Waals surface area (Å²) in [5, 5.41) is 0. The zero-order chi connectivity index (χ0) is 16.4. The minimum Gasteiger partial charge on any atom is -0.368 e. The van der Waals surface area contributed by atoms with Gasteiger partial charge in [-0.25, -0.2) is 9.97 Å². The molecule has 0 radical (unpaired) electrons. The van der Waals surface area contributed by atoms with Gasteiger partial charge in [-0.3, -0.25) is 0 Å². The van der Waals surface area contributed by atoms with Crippen molar-refractivity contribution in [2.24, 2.45) is 5.92 Å². The van der Waals surface area contributed by atoms with Crippen LogP contribution in [0.4, 0.5) is 19.1 Å². The maximum absolute atomic E-state index is 12.9. The molecule has 0 amide bonds. The van der Waals surface area contributed by atoms with Gasteiger partial charge in [-0.2, -0.15) is 13.2 Å². The fourth-order valence-electron chi connectivity index (χ4n) is 3.14. The summed E-state index contributed by atoms with van der Waals surface area (Å²) in [6.07, 6.45) is 1.23. The molecule has 0 bridgehead atoms. The second-order valence-electron chi connectivity index (χ2n) is 6.04. The molecule has 0 aliphatic heterocycles. The molecule has 0 atom stereocenters. The van der Waals surface area contributed by atoms with Gasteiger partial charge >= 0.3 is 6.18 Å². The fraction of sp³-hybridized carbons (Fsp3) is 0.412. The highest BCUT2D eigenvalue weighted by Gasteiger charge is 2.30. The zero-order valence-electron chi connectivity index (χ0n) is 12.6. The van der Waals surface area contributed by atoms with Crippen molar-refractivity contribution in [3.8, 4) is 11.3 Å². The van der Waals surface area contributed by atoms with Crippen molar-refractivity contribution in [1.29, 1.82) is 0 Å². The van der Waals surface area contributed by atoms with Gasteiger partial charge in [-0.05, 0) is 30.5 Å². The molecule has 1 heterocycles. The standard InChI is InChI=1S/C17H18F3N3/c18-17(19,20)13-7-3-6-12(9-13)15-10-14(22-16(21)23-15)8-11-4-1-2-5-11/h3,6-7,9-11H,1-2,4-5,8H2,(H2,21,22,23). The third-order valence-electron chi connectivity index (χ3n) is 4.25. The number of aromatic nitrogens is 2. The summed E-state index contributed by atoms with van der Waals surface area (Å²) < 4.78 is 38.6. The Bertz CT molecular complexity index is 692. The Morgan fingerprint density at radius 2 is 1.83 bits per heavy atom. The van der Waals surface area contributed by atoms with Crippen molar-refractivity contribution >= 4 is 5.95 Å². The van der Waals surface area contributed by atoms with Crippen molar-refractivity contribution in [2.45, 2.75) is 38.3 Å². The summed E-state index contributed by atoms with van der Waals surface area (Å²) >= 11 is 0. The number of halogens is 3. The van der Waals surface area contributed by atoms with Gasteiger partial charge in [0, 0.05) is 11.3 Å². The number of hydrogen-bond acceptors (Lipinski definition) is 3. The molecule has 0 unspecified atom stereocenters. The summed E-state index contributed by atoms with van der Waals surface area (Å²) in [5.74, 6) is 0.687. The minimum atomic E-state index is -4.37. The molecule has 1 aliphatic carbocycles. The van der Waals surface area contributed by atoms with Crippen molar-refractivity contribution in [3.05, 3.63) is 41.6 Å². The summed E-state index contributed by atoms with van der Waals surface area (Å²) in [6.45, 7) is 0. The molecule has 1 aliphatic rings. The number of anilines is 1. The first-order chi connectivity index (χ1) is 10.9. The highest BCUT2D eigenvalue weighted by molar-refractivity contribution is 5.61. The lowest BCUT2D eigenvalue weighted by Gasteiger charge is -2.11. The first-order valence-corrected chi connectivity index (χ1v) is 7.73. The number of hydrogen-bond donors (Lipinski definition) is 1. The van der Waals surface area contributed by atoms with Gasteiger partial charge < -0.3 is 5.73 Å². The maximum atomic E-state index is 12.9. The average Bonchev–Trinajstić information content (AvgIpc) is 2.99.